The van der Waals surface area contributed by atoms with Gasteiger partial charge in [-0.2, -0.15) is 0 Å². The smallest absolute Gasteiger partial charge is 0.136 e. The lowest BCUT2D eigenvalue weighted by atomic mass is 10.0. The van der Waals surface area contributed by atoms with Gasteiger partial charge >= 0.3 is 0 Å². The molecule has 0 saturated carbocycles. The van der Waals surface area contributed by atoms with Crippen LogP contribution in [0.5, 0.6) is 0 Å². The first-order valence-corrected chi connectivity index (χ1v) is 5.61. The number of aryl methyl sites for hydroxylation is 2. The molecule has 0 nitrogen and oxygen atoms in total. The molecule has 17 heavy (non-hydrogen) atoms. The normalized spacial score (nSPS) is 10.8. The van der Waals surface area contributed by atoms with Gasteiger partial charge in [0.2, 0.25) is 0 Å². The van der Waals surface area contributed by atoms with E-state index < -0.39 is 11.6 Å². The van der Waals surface area contributed by atoms with Crippen molar-refractivity contribution in [2.75, 3.05) is 0 Å². The second kappa shape index (κ2) is 4.66. The minimum absolute atomic E-state index is 0.0901. The van der Waals surface area contributed by atoms with Crippen molar-refractivity contribution in [2.24, 2.45) is 0 Å². The molecular weight excluding hydrogens is 218 g/mol. The number of hydrogen-bond acceptors (Lipinski definition) is 0. The van der Waals surface area contributed by atoms with Gasteiger partial charge in [0.25, 0.3) is 0 Å². The average molecular weight is 232 g/mol. The van der Waals surface area contributed by atoms with Gasteiger partial charge in [-0.3, -0.25) is 0 Å². The molecule has 0 atom stereocenters. The van der Waals surface area contributed by atoms with Gasteiger partial charge in [0.15, 0.2) is 0 Å². The van der Waals surface area contributed by atoms with Crippen LogP contribution in [0.1, 0.15) is 17.5 Å². The number of allylic oxidation sites excluding steroid dienone is 1. The van der Waals surface area contributed by atoms with Crippen molar-refractivity contribution < 1.29 is 8.78 Å². The lowest BCUT2D eigenvalue weighted by molar-refractivity contribution is 0.602. The Labute approximate surface area is 99.6 Å². The van der Waals surface area contributed by atoms with E-state index in [1.54, 1.807) is 25.1 Å². The van der Waals surface area contributed by atoms with Gasteiger partial charge in [-0.15, -0.1) is 6.58 Å². The topological polar surface area (TPSA) is 0 Å². The maximum absolute atomic E-state index is 13.8. The summed E-state index contributed by atoms with van der Waals surface area (Å²) in [5.41, 5.74) is 1.34. The molecule has 0 fully saturated rings. The van der Waals surface area contributed by atoms with Gasteiger partial charge < -0.3 is 0 Å². The molecule has 2 aromatic carbocycles. The van der Waals surface area contributed by atoms with E-state index in [2.05, 4.69) is 6.58 Å². The van der Waals surface area contributed by atoms with E-state index in [0.717, 1.165) is 18.4 Å². The number of halogens is 2. The Bertz CT molecular complexity index is 571. The van der Waals surface area contributed by atoms with E-state index in [1.165, 1.54) is 6.07 Å². The molecule has 0 amide bonds. The van der Waals surface area contributed by atoms with E-state index in [1.807, 2.05) is 6.07 Å². The predicted molar refractivity (Wildman–Crippen MR) is 67.1 cm³/mol. The summed E-state index contributed by atoms with van der Waals surface area (Å²) in [6, 6.07) is 6.68. The Morgan fingerprint density at radius 3 is 2.71 bits per heavy atom. The molecule has 0 bridgehead atoms. The Balaban J connectivity index is 2.59. The monoisotopic (exact) mass is 232 g/mol. The number of rotatable bonds is 3. The zero-order valence-electron chi connectivity index (χ0n) is 9.76. The second-order valence-corrected chi connectivity index (χ2v) is 4.20. The zero-order chi connectivity index (χ0) is 12.4. The SMILES string of the molecule is C=CCCc1cc(F)c2c(F)c(C)ccc2c1. The molecule has 2 heteroatoms. The Morgan fingerprint density at radius 2 is 2.00 bits per heavy atom. The molecule has 0 aliphatic carbocycles. The third-order valence-electron chi connectivity index (χ3n) is 2.90. The van der Waals surface area contributed by atoms with Crippen LogP contribution >= 0.6 is 0 Å². The maximum atomic E-state index is 13.8. The molecule has 0 heterocycles. The standard InChI is InChI=1S/C15H14F2/c1-3-4-5-11-8-12-7-6-10(2)15(17)14(12)13(16)9-11/h3,6-9H,1,4-5H2,2H3. The first-order chi connectivity index (χ1) is 8.13. The van der Waals surface area contributed by atoms with Gasteiger partial charge in [0, 0.05) is 0 Å². The summed E-state index contributed by atoms with van der Waals surface area (Å²) >= 11 is 0. The van der Waals surface area contributed by atoms with Crippen LogP contribution in [-0.2, 0) is 6.42 Å². The van der Waals surface area contributed by atoms with Gasteiger partial charge in [-0.25, -0.2) is 8.78 Å². The fourth-order valence-electron chi connectivity index (χ4n) is 1.95. The fourth-order valence-corrected chi connectivity index (χ4v) is 1.95. The summed E-state index contributed by atoms with van der Waals surface area (Å²) in [4.78, 5) is 0. The zero-order valence-corrected chi connectivity index (χ0v) is 9.76. The summed E-state index contributed by atoms with van der Waals surface area (Å²) in [5.74, 6) is -0.946. The molecule has 0 saturated heterocycles. The molecule has 0 N–H and O–H groups in total. The Morgan fingerprint density at radius 1 is 1.24 bits per heavy atom. The molecular formula is C15H14F2. The van der Waals surface area contributed by atoms with E-state index in [9.17, 15) is 8.78 Å². The minimum Gasteiger partial charge on any atom is -0.206 e. The molecule has 0 aromatic heterocycles. The molecule has 0 spiro atoms. The Hall–Kier alpha value is -1.70. The van der Waals surface area contributed by atoms with Crippen LogP contribution in [0.3, 0.4) is 0 Å². The van der Waals surface area contributed by atoms with Gasteiger partial charge in [0.05, 0.1) is 5.39 Å². The highest BCUT2D eigenvalue weighted by Crippen LogP contribution is 2.25. The van der Waals surface area contributed by atoms with E-state index >= 15 is 0 Å². The summed E-state index contributed by atoms with van der Waals surface area (Å²) in [6.07, 6.45) is 3.31. The van der Waals surface area contributed by atoms with Crippen molar-refractivity contribution in [1.82, 2.24) is 0 Å². The van der Waals surface area contributed by atoms with Crippen molar-refractivity contribution in [1.29, 1.82) is 0 Å². The van der Waals surface area contributed by atoms with Crippen molar-refractivity contribution in [3.05, 3.63) is 59.7 Å². The van der Waals surface area contributed by atoms with Gasteiger partial charge in [-0.05, 0) is 42.3 Å². The first-order valence-electron chi connectivity index (χ1n) is 5.61. The van der Waals surface area contributed by atoms with Crippen molar-refractivity contribution in [3.63, 3.8) is 0 Å². The maximum Gasteiger partial charge on any atom is 0.136 e. The van der Waals surface area contributed by atoms with Crippen molar-refractivity contribution >= 4 is 10.8 Å². The van der Waals surface area contributed by atoms with Crippen LogP contribution in [0.15, 0.2) is 36.9 Å². The third kappa shape index (κ3) is 2.21. The quantitative estimate of drug-likeness (QED) is 0.681. The van der Waals surface area contributed by atoms with Crippen LogP contribution in [0, 0.1) is 18.6 Å². The first kappa shape index (κ1) is 11.8. The van der Waals surface area contributed by atoms with Crippen LogP contribution in [-0.4, -0.2) is 0 Å². The second-order valence-electron chi connectivity index (χ2n) is 4.20. The van der Waals surface area contributed by atoms with Crippen LogP contribution in [0.2, 0.25) is 0 Å². The summed E-state index contributed by atoms with van der Waals surface area (Å²) < 4.78 is 27.6. The lowest BCUT2D eigenvalue weighted by Gasteiger charge is -2.07. The number of fused-ring (bicyclic) bond motifs is 1. The van der Waals surface area contributed by atoms with Crippen LogP contribution in [0.4, 0.5) is 8.78 Å². The third-order valence-corrected chi connectivity index (χ3v) is 2.90. The van der Waals surface area contributed by atoms with Crippen LogP contribution < -0.4 is 0 Å². The van der Waals surface area contributed by atoms with Crippen LogP contribution in [0.25, 0.3) is 10.8 Å². The van der Waals surface area contributed by atoms with Gasteiger partial charge in [0.1, 0.15) is 11.6 Å². The minimum atomic E-state index is -0.484. The molecule has 0 unspecified atom stereocenters. The highest BCUT2D eigenvalue weighted by Gasteiger charge is 2.10. The fraction of sp³-hybridized carbons (Fsp3) is 0.200. The average Bonchev–Trinajstić information content (AvgIpc) is 2.31. The highest BCUT2D eigenvalue weighted by atomic mass is 19.1. The molecule has 0 aliphatic heterocycles. The largest absolute Gasteiger partial charge is 0.206 e. The molecule has 0 aliphatic rings. The number of hydrogen-bond donors (Lipinski definition) is 0. The van der Waals surface area contributed by atoms with E-state index in [4.69, 9.17) is 0 Å². The summed E-state index contributed by atoms with van der Waals surface area (Å²) in [5, 5.41) is 0.708. The molecule has 88 valence electrons. The van der Waals surface area contributed by atoms with Crippen molar-refractivity contribution in [2.45, 2.75) is 19.8 Å². The molecule has 0 radical (unpaired) electrons. The van der Waals surface area contributed by atoms with Crippen molar-refractivity contribution in [3.8, 4) is 0 Å². The molecule has 2 rings (SSSR count). The predicted octanol–water partition coefficient (Wildman–Crippen LogP) is 4.55. The van der Waals surface area contributed by atoms with E-state index in [-0.39, 0.29) is 5.39 Å². The van der Waals surface area contributed by atoms with E-state index in [0.29, 0.717) is 10.9 Å². The van der Waals surface area contributed by atoms with Gasteiger partial charge in [-0.1, -0.05) is 24.3 Å². The summed E-state index contributed by atoms with van der Waals surface area (Å²) in [6.45, 7) is 5.27. The lowest BCUT2D eigenvalue weighted by Crippen LogP contribution is -1.92. The highest BCUT2D eigenvalue weighted by molar-refractivity contribution is 5.85. The Kier molecular flexibility index (Phi) is 3.23. The molecule has 2 aromatic rings. The number of benzene rings is 2. The summed E-state index contributed by atoms with van der Waals surface area (Å²) in [7, 11) is 0.